The fraction of sp³-hybridized carbons (Fsp3) is 0.125. The van der Waals surface area contributed by atoms with Crippen molar-refractivity contribution in [3.63, 3.8) is 0 Å². The summed E-state index contributed by atoms with van der Waals surface area (Å²) in [5, 5.41) is 19.6. The van der Waals surface area contributed by atoms with E-state index in [0.717, 1.165) is 5.56 Å². The molecule has 3 aromatic rings. The predicted molar refractivity (Wildman–Crippen MR) is 87.5 cm³/mol. The molecule has 0 radical (unpaired) electrons. The summed E-state index contributed by atoms with van der Waals surface area (Å²) < 4.78 is 3.19. The Labute approximate surface area is 137 Å². The molecule has 0 fully saturated rings. The van der Waals surface area contributed by atoms with Crippen LogP contribution in [0.5, 0.6) is 0 Å². The smallest absolute Gasteiger partial charge is 0.409 e. The van der Waals surface area contributed by atoms with Crippen LogP contribution in [0.4, 0.5) is 10.5 Å². The number of nitrogens with zero attached hydrogens (tertiary/aromatic N) is 4. The Hall–Kier alpha value is -3.42. The molecule has 1 amide bonds. The molecule has 2 heterocycles. The van der Waals surface area contributed by atoms with Crippen molar-refractivity contribution >= 4 is 11.8 Å². The lowest BCUT2D eigenvalue weighted by atomic mass is 10.1. The highest BCUT2D eigenvalue weighted by Crippen LogP contribution is 2.13. The maximum Gasteiger partial charge on any atom is 0.409 e. The molecule has 0 aliphatic heterocycles. The first-order chi connectivity index (χ1) is 11.5. The van der Waals surface area contributed by atoms with E-state index in [1.54, 1.807) is 48.4 Å². The van der Waals surface area contributed by atoms with E-state index in [1.807, 2.05) is 6.07 Å². The minimum atomic E-state index is -1.14. The van der Waals surface area contributed by atoms with Crippen molar-refractivity contribution in [1.82, 2.24) is 19.6 Å². The lowest BCUT2D eigenvalue weighted by molar-refractivity contribution is 0.210. The van der Waals surface area contributed by atoms with Crippen molar-refractivity contribution < 1.29 is 9.90 Å². The fourth-order valence-corrected chi connectivity index (χ4v) is 2.30. The van der Waals surface area contributed by atoms with Crippen molar-refractivity contribution in [1.29, 1.82) is 0 Å². The predicted octanol–water partition coefficient (Wildman–Crippen LogP) is 1.65. The third-order valence-electron chi connectivity index (χ3n) is 3.36. The molecular weight excluding hydrogens is 310 g/mol. The van der Waals surface area contributed by atoms with Crippen molar-refractivity contribution in [3.05, 3.63) is 70.3 Å². The number of nitrogens with one attached hydrogen (secondary N) is 1. The van der Waals surface area contributed by atoms with Gasteiger partial charge in [0.15, 0.2) is 5.82 Å². The summed E-state index contributed by atoms with van der Waals surface area (Å²) >= 11 is 0. The van der Waals surface area contributed by atoms with E-state index in [4.69, 9.17) is 5.11 Å². The van der Waals surface area contributed by atoms with Crippen molar-refractivity contribution in [3.8, 4) is 5.82 Å². The van der Waals surface area contributed by atoms with E-state index in [-0.39, 0.29) is 5.43 Å². The number of aromatic nitrogens is 4. The lowest BCUT2D eigenvalue weighted by Gasteiger charge is -2.06. The van der Waals surface area contributed by atoms with Crippen LogP contribution in [0, 0.1) is 0 Å². The largest absolute Gasteiger partial charge is 0.465 e. The van der Waals surface area contributed by atoms with Crippen LogP contribution in [-0.2, 0) is 13.5 Å². The van der Waals surface area contributed by atoms with E-state index >= 15 is 0 Å². The summed E-state index contributed by atoms with van der Waals surface area (Å²) in [5.74, 6) is 0.611. The molecule has 0 spiro atoms. The van der Waals surface area contributed by atoms with Gasteiger partial charge in [-0.05, 0) is 17.7 Å². The molecule has 0 bridgehead atoms. The number of hydrogen-bond acceptors (Lipinski definition) is 4. The Morgan fingerprint density at radius 3 is 2.75 bits per heavy atom. The average Bonchev–Trinajstić information content (AvgIpc) is 2.96. The topological polar surface area (TPSA) is 102 Å². The maximum atomic E-state index is 12.1. The molecule has 8 nitrogen and oxygen atoms in total. The summed E-state index contributed by atoms with van der Waals surface area (Å²) in [7, 11) is 1.80. The first-order valence-corrected chi connectivity index (χ1v) is 7.19. The molecule has 122 valence electrons. The summed E-state index contributed by atoms with van der Waals surface area (Å²) in [5.41, 5.74) is 1.40. The van der Waals surface area contributed by atoms with Gasteiger partial charge in [0.05, 0.1) is 0 Å². The van der Waals surface area contributed by atoms with Gasteiger partial charge in [-0.25, -0.2) is 9.48 Å². The summed E-state index contributed by atoms with van der Waals surface area (Å²) in [6, 6.07) is 10.1. The van der Waals surface area contributed by atoms with E-state index in [9.17, 15) is 9.59 Å². The van der Waals surface area contributed by atoms with Crippen LogP contribution in [0.1, 0.15) is 11.3 Å². The van der Waals surface area contributed by atoms with Gasteiger partial charge in [0.2, 0.25) is 5.43 Å². The fourth-order valence-electron chi connectivity index (χ4n) is 2.30. The van der Waals surface area contributed by atoms with Gasteiger partial charge in [0.1, 0.15) is 5.69 Å². The summed E-state index contributed by atoms with van der Waals surface area (Å²) in [6.07, 6.45) is 2.51. The second-order valence-corrected chi connectivity index (χ2v) is 5.23. The van der Waals surface area contributed by atoms with Gasteiger partial charge in [0.25, 0.3) is 0 Å². The molecule has 0 aliphatic rings. The standard InChI is InChI=1S/C16H15N5O3/c1-20-7-6-15(19-20)21-8-5-14(22)13(18-21)10-11-3-2-4-12(9-11)17-16(23)24/h2-9,17H,10H2,1H3,(H,23,24). The van der Waals surface area contributed by atoms with E-state index in [0.29, 0.717) is 23.6 Å². The summed E-state index contributed by atoms with van der Waals surface area (Å²) in [6.45, 7) is 0. The van der Waals surface area contributed by atoms with Crippen molar-refractivity contribution in [2.45, 2.75) is 6.42 Å². The zero-order valence-electron chi connectivity index (χ0n) is 12.9. The zero-order chi connectivity index (χ0) is 17.1. The van der Waals surface area contributed by atoms with Crippen molar-refractivity contribution in [2.24, 2.45) is 7.05 Å². The number of carboxylic acid groups (broad SMARTS) is 1. The van der Waals surface area contributed by atoms with Gasteiger partial charge in [-0.3, -0.25) is 14.8 Å². The molecule has 2 N–H and O–H groups in total. The second-order valence-electron chi connectivity index (χ2n) is 5.23. The number of aryl methyl sites for hydroxylation is 1. The minimum Gasteiger partial charge on any atom is -0.465 e. The molecule has 0 unspecified atom stereocenters. The van der Waals surface area contributed by atoms with E-state index < -0.39 is 6.09 Å². The van der Waals surface area contributed by atoms with Crippen LogP contribution in [-0.4, -0.2) is 30.8 Å². The third-order valence-corrected chi connectivity index (χ3v) is 3.36. The number of anilines is 1. The molecule has 0 aliphatic carbocycles. The molecule has 24 heavy (non-hydrogen) atoms. The van der Waals surface area contributed by atoms with Gasteiger partial charge in [0, 0.05) is 43.7 Å². The SMILES string of the molecule is Cn1ccc(-n2ccc(=O)c(Cc3cccc(NC(=O)O)c3)n2)n1. The minimum absolute atomic E-state index is 0.182. The molecule has 0 saturated heterocycles. The number of hydrogen-bond donors (Lipinski definition) is 2. The van der Waals surface area contributed by atoms with Gasteiger partial charge >= 0.3 is 6.09 Å². The number of rotatable bonds is 4. The van der Waals surface area contributed by atoms with Crippen LogP contribution >= 0.6 is 0 Å². The number of carbonyl (C=O) groups is 1. The molecule has 3 rings (SSSR count). The molecule has 2 aromatic heterocycles. The highest BCUT2D eigenvalue weighted by Gasteiger charge is 2.08. The molecular formula is C16H15N5O3. The third kappa shape index (κ3) is 3.49. The number of benzene rings is 1. The highest BCUT2D eigenvalue weighted by atomic mass is 16.4. The first kappa shape index (κ1) is 15.5. The Morgan fingerprint density at radius 2 is 2.04 bits per heavy atom. The molecule has 8 heteroatoms. The van der Waals surface area contributed by atoms with Gasteiger partial charge in [-0.15, -0.1) is 0 Å². The van der Waals surface area contributed by atoms with Crippen LogP contribution in [0.15, 0.2) is 53.6 Å². The maximum absolute atomic E-state index is 12.1. The van der Waals surface area contributed by atoms with E-state index in [1.165, 1.54) is 10.7 Å². The zero-order valence-corrected chi connectivity index (χ0v) is 12.9. The Bertz CT molecular complexity index is 945. The van der Waals surface area contributed by atoms with Gasteiger partial charge in [-0.2, -0.15) is 10.2 Å². The molecule has 0 atom stereocenters. The second kappa shape index (κ2) is 6.37. The summed E-state index contributed by atoms with van der Waals surface area (Å²) in [4.78, 5) is 22.8. The van der Waals surface area contributed by atoms with Gasteiger partial charge < -0.3 is 5.11 Å². The monoisotopic (exact) mass is 325 g/mol. The Balaban J connectivity index is 1.90. The molecule has 0 saturated carbocycles. The Kier molecular flexibility index (Phi) is 4.11. The molecule has 1 aromatic carbocycles. The highest BCUT2D eigenvalue weighted by molar-refractivity contribution is 5.82. The average molecular weight is 325 g/mol. The van der Waals surface area contributed by atoms with Gasteiger partial charge in [-0.1, -0.05) is 12.1 Å². The van der Waals surface area contributed by atoms with Crippen LogP contribution in [0.25, 0.3) is 5.82 Å². The Morgan fingerprint density at radius 1 is 1.21 bits per heavy atom. The lowest BCUT2D eigenvalue weighted by Crippen LogP contribution is -2.16. The van der Waals surface area contributed by atoms with Crippen LogP contribution in [0.3, 0.4) is 0 Å². The van der Waals surface area contributed by atoms with Crippen LogP contribution < -0.4 is 10.7 Å². The number of amides is 1. The normalized spacial score (nSPS) is 10.5. The first-order valence-electron chi connectivity index (χ1n) is 7.19. The quantitative estimate of drug-likeness (QED) is 0.759. The van der Waals surface area contributed by atoms with Crippen LogP contribution in [0.2, 0.25) is 0 Å². The van der Waals surface area contributed by atoms with E-state index in [2.05, 4.69) is 15.5 Å². The van der Waals surface area contributed by atoms with Crippen molar-refractivity contribution in [2.75, 3.05) is 5.32 Å².